The van der Waals surface area contributed by atoms with Crippen molar-refractivity contribution in [3.63, 3.8) is 0 Å². The quantitative estimate of drug-likeness (QED) is 0.592. The second-order valence-corrected chi connectivity index (χ2v) is 9.33. The Hall–Kier alpha value is -2.72. The molecule has 0 spiro atoms. The van der Waals surface area contributed by atoms with Gasteiger partial charge in [0.1, 0.15) is 5.82 Å². The number of aliphatic hydroxyl groups is 1. The van der Waals surface area contributed by atoms with Crippen LogP contribution in [0.4, 0.5) is 4.39 Å². The van der Waals surface area contributed by atoms with Crippen LogP contribution in [0.15, 0.2) is 66.4 Å². The molecule has 1 aliphatic rings. The summed E-state index contributed by atoms with van der Waals surface area (Å²) in [4.78, 5) is 0. The molecular weight excluding hydrogens is 375 g/mol. The Kier molecular flexibility index (Phi) is 5.15. The molecule has 0 saturated carbocycles. The van der Waals surface area contributed by atoms with Crippen molar-refractivity contribution in [2.45, 2.75) is 52.1 Å². The van der Waals surface area contributed by atoms with Crippen molar-refractivity contribution >= 4 is 6.08 Å². The predicted molar refractivity (Wildman–Crippen MR) is 119 cm³/mol. The molecule has 1 unspecified atom stereocenters. The Morgan fingerprint density at radius 3 is 2.47 bits per heavy atom. The SMILES string of the molecule is CC1=Cc2c(cnn2-c2ccc(F)cc2)C[C@]1(C)C(O)CC(C)(C)c1ccccc1. The number of aliphatic hydroxyl groups excluding tert-OH is 1. The molecular formula is C26H29FN2O. The molecule has 0 fully saturated rings. The summed E-state index contributed by atoms with van der Waals surface area (Å²) in [6.45, 7) is 8.61. The minimum atomic E-state index is -0.494. The van der Waals surface area contributed by atoms with Crippen LogP contribution in [0.1, 0.15) is 50.9 Å². The lowest BCUT2D eigenvalue weighted by molar-refractivity contribution is 0.0382. The molecule has 1 N–H and O–H groups in total. The lowest BCUT2D eigenvalue weighted by atomic mass is 9.65. The Morgan fingerprint density at radius 2 is 1.80 bits per heavy atom. The van der Waals surface area contributed by atoms with E-state index in [0.29, 0.717) is 6.42 Å². The summed E-state index contributed by atoms with van der Waals surface area (Å²) in [5.74, 6) is -0.261. The van der Waals surface area contributed by atoms with Crippen molar-refractivity contribution in [2.75, 3.05) is 0 Å². The molecule has 2 aromatic carbocycles. The van der Waals surface area contributed by atoms with Crippen LogP contribution >= 0.6 is 0 Å². The van der Waals surface area contributed by atoms with Crippen LogP contribution in [0.3, 0.4) is 0 Å². The van der Waals surface area contributed by atoms with Crippen LogP contribution in [-0.2, 0) is 11.8 Å². The Bertz CT molecular complexity index is 1070. The van der Waals surface area contributed by atoms with E-state index < -0.39 is 6.10 Å². The normalized spacial score (nSPS) is 19.9. The summed E-state index contributed by atoms with van der Waals surface area (Å²) < 4.78 is 15.2. The topological polar surface area (TPSA) is 38.0 Å². The van der Waals surface area contributed by atoms with Gasteiger partial charge in [0.2, 0.25) is 0 Å². The molecule has 3 nitrogen and oxygen atoms in total. The highest BCUT2D eigenvalue weighted by Gasteiger charge is 2.41. The van der Waals surface area contributed by atoms with E-state index in [1.54, 1.807) is 12.1 Å². The number of fused-ring (bicyclic) bond motifs is 1. The zero-order valence-corrected chi connectivity index (χ0v) is 18.1. The molecule has 156 valence electrons. The highest BCUT2D eigenvalue weighted by molar-refractivity contribution is 5.60. The summed E-state index contributed by atoms with van der Waals surface area (Å²) in [6.07, 6.45) is 4.88. The van der Waals surface area contributed by atoms with Crippen molar-refractivity contribution in [3.05, 3.63) is 89.0 Å². The molecule has 1 aliphatic carbocycles. The minimum Gasteiger partial charge on any atom is -0.392 e. The van der Waals surface area contributed by atoms with Gasteiger partial charge >= 0.3 is 0 Å². The van der Waals surface area contributed by atoms with Crippen LogP contribution < -0.4 is 0 Å². The summed E-state index contributed by atoms with van der Waals surface area (Å²) >= 11 is 0. The number of aromatic nitrogens is 2. The zero-order valence-electron chi connectivity index (χ0n) is 18.1. The van der Waals surface area contributed by atoms with E-state index >= 15 is 0 Å². The molecule has 2 atom stereocenters. The van der Waals surface area contributed by atoms with Gasteiger partial charge in [0, 0.05) is 5.41 Å². The molecule has 0 aliphatic heterocycles. The van der Waals surface area contributed by atoms with Crippen molar-refractivity contribution in [3.8, 4) is 5.69 Å². The molecule has 0 amide bonds. The maximum atomic E-state index is 13.3. The molecule has 4 heteroatoms. The van der Waals surface area contributed by atoms with Crippen molar-refractivity contribution in [2.24, 2.45) is 5.41 Å². The lowest BCUT2D eigenvalue weighted by Gasteiger charge is -2.41. The van der Waals surface area contributed by atoms with Crippen LogP contribution in [0.5, 0.6) is 0 Å². The fraction of sp³-hybridized carbons (Fsp3) is 0.346. The highest BCUT2D eigenvalue weighted by Crippen LogP contribution is 2.44. The number of halogens is 1. The van der Waals surface area contributed by atoms with Gasteiger partial charge in [0.25, 0.3) is 0 Å². The van der Waals surface area contributed by atoms with Gasteiger partial charge in [-0.2, -0.15) is 5.10 Å². The second kappa shape index (κ2) is 7.51. The Balaban J connectivity index is 1.62. The van der Waals surface area contributed by atoms with Crippen LogP contribution in [-0.4, -0.2) is 21.0 Å². The van der Waals surface area contributed by atoms with Gasteiger partial charge in [-0.05, 0) is 66.6 Å². The summed E-state index contributed by atoms with van der Waals surface area (Å²) in [5.41, 5.74) is 4.80. The first-order valence-corrected chi connectivity index (χ1v) is 10.5. The molecule has 4 rings (SSSR count). The fourth-order valence-corrected chi connectivity index (χ4v) is 4.47. The first-order chi connectivity index (χ1) is 14.2. The van der Waals surface area contributed by atoms with E-state index in [9.17, 15) is 9.50 Å². The third-order valence-corrected chi connectivity index (χ3v) is 6.76. The van der Waals surface area contributed by atoms with E-state index in [4.69, 9.17) is 0 Å². The van der Waals surface area contributed by atoms with Crippen molar-refractivity contribution in [1.29, 1.82) is 0 Å². The van der Waals surface area contributed by atoms with E-state index in [2.05, 4.69) is 51.0 Å². The van der Waals surface area contributed by atoms with Crippen LogP contribution in [0.25, 0.3) is 11.8 Å². The lowest BCUT2D eigenvalue weighted by Crippen LogP contribution is -2.41. The number of hydrogen-bond donors (Lipinski definition) is 1. The Labute approximate surface area is 177 Å². The average molecular weight is 405 g/mol. The van der Waals surface area contributed by atoms with Crippen molar-refractivity contribution < 1.29 is 9.50 Å². The van der Waals surface area contributed by atoms with E-state index in [0.717, 1.165) is 28.9 Å². The summed E-state index contributed by atoms with van der Waals surface area (Å²) in [7, 11) is 0. The first-order valence-electron chi connectivity index (χ1n) is 10.5. The smallest absolute Gasteiger partial charge is 0.123 e. The van der Waals surface area contributed by atoms with E-state index in [-0.39, 0.29) is 16.6 Å². The molecule has 0 saturated heterocycles. The monoisotopic (exact) mass is 404 g/mol. The van der Waals surface area contributed by atoms with Gasteiger partial charge in [0.15, 0.2) is 0 Å². The van der Waals surface area contributed by atoms with Crippen LogP contribution in [0.2, 0.25) is 0 Å². The number of benzene rings is 2. The molecule has 3 aromatic rings. The minimum absolute atomic E-state index is 0.136. The zero-order chi connectivity index (χ0) is 21.5. The number of nitrogens with zero attached hydrogens (tertiary/aromatic N) is 2. The average Bonchev–Trinajstić information content (AvgIpc) is 3.11. The van der Waals surface area contributed by atoms with Gasteiger partial charge in [-0.1, -0.05) is 56.7 Å². The van der Waals surface area contributed by atoms with Gasteiger partial charge in [-0.15, -0.1) is 0 Å². The highest BCUT2D eigenvalue weighted by atomic mass is 19.1. The maximum absolute atomic E-state index is 13.3. The molecule has 0 bridgehead atoms. The molecule has 30 heavy (non-hydrogen) atoms. The van der Waals surface area contributed by atoms with Crippen LogP contribution in [0, 0.1) is 11.2 Å². The number of rotatable bonds is 5. The first kappa shape index (κ1) is 20.5. The third kappa shape index (κ3) is 3.61. The predicted octanol–water partition coefficient (Wildman–Crippen LogP) is 5.71. The molecule has 0 radical (unpaired) electrons. The molecule has 1 aromatic heterocycles. The third-order valence-electron chi connectivity index (χ3n) is 6.76. The maximum Gasteiger partial charge on any atom is 0.123 e. The van der Waals surface area contributed by atoms with Gasteiger partial charge in [0.05, 0.1) is 23.7 Å². The summed E-state index contributed by atoms with van der Waals surface area (Å²) in [5, 5.41) is 15.9. The number of hydrogen-bond acceptors (Lipinski definition) is 2. The largest absolute Gasteiger partial charge is 0.392 e. The van der Waals surface area contributed by atoms with Gasteiger partial charge in [-0.3, -0.25) is 0 Å². The van der Waals surface area contributed by atoms with Gasteiger partial charge in [-0.25, -0.2) is 9.07 Å². The summed E-state index contributed by atoms with van der Waals surface area (Å²) in [6, 6.07) is 16.7. The Morgan fingerprint density at radius 1 is 1.13 bits per heavy atom. The van der Waals surface area contributed by atoms with Gasteiger partial charge < -0.3 is 5.11 Å². The van der Waals surface area contributed by atoms with Crippen molar-refractivity contribution in [1.82, 2.24) is 9.78 Å². The second-order valence-electron chi connectivity index (χ2n) is 9.33. The van der Waals surface area contributed by atoms with E-state index in [1.165, 1.54) is 17.7 Å². The molecule has 1 heterocycles. The van der Waals surface area contributed by atoms with E-state index in [1.807, 2.05) is 29.1 Å². The fourth-order valence-electron chi connectivity index (χ4n) is 4.47. The standard InChI is InChI=1S/C26H29FN2O/c1-18-14-23-19(17-28-29(23)22-12-10-21(27)11-13-22)15-26(18,4)24(30)16-25(2,3)20-8-6-5-7-9-20/h5-14,17,24,30H,15-16H2,1-4H3/t24?,26-/m0/s1.